The van der Waals surface area contributed by atoms with Crippen molar-refractivity contribution in [3.05, 3.63) is 131 Å². The van der Waals surface area contributed by atoms with E-state index in [-0.39, 0.29) is 11.1 Å². The minimum atomic E-state index is -4.36. The van der Waals surface area contributed by atoms with Crippen LogP contribution in [0.5, 0.6) is 0 Å². The fraction of sp³-hybridized carbons (Fsp3) is 0.286. The van der Waals surface area contributed by atoms with Crippen LogP contribution in [0.2, 0.25) is 13.1 Å². The molecule has 2 radical (unpaired) electrons. The maximum atomic E-state index is 13.3. The van der Waals surface area contributed by atoms with E-state index in [2.05, 4.69) is 52.9 Å². The second-order valence-corrected chi connectivity index (χ2v) is 17.2. The van der Waals surface area contributed by atoms with Gasteiger partial charge in [-0.15, -0.1) is 69.1 Å². The molecule has 6 aromatic rings. The van der Waals surface area contributed by atoms with Crippen molar-refractivity contribution < 1.29 is 47.2 Å². The standard InChI is InChI=1S/2C20H18F3.C2H6Si.2ClH.Zr/c2*1-3-13(2)15-11-14-7-6-9-16(18(14)12-15)17-8-4-5-10-19(17)20(21,22)23;1-3-2;;;/h2*4-13H,3H2,1-2H3;1-2H3;2*1H;/q2*-1;;;;+4/p-2. The zero-order valence-electron chi connectivity index (χ0n) is 30.0. The van der Waals surface area contributed by atoms with E-state index in [9.17, 15) is 26.3 Å². The molecule has 274 valence electrons. The molecule has 0 aliphatic carbocycles. The molecule has 0 aromatic heterocycles. The summed E-state index contributed by atoms with van der Waals surface area (Å²) in [6.07, 6.45) is -6.70. The third kappa shape index (κ3) is 11.2. The summed E-state index contributed by atoms with van der Waals surface area (Å²) in [4.78, 5) is 0. The van der Waals surface area contributed by atoms with Crippen molar-refractivity contribution in [3.8, 4) is 22.3 Å². The average molecular weight is 851 g/mol. The maximum absolute atomic E-state index is 13.3. The average Bonchev–Trinajstić information content (AvgIpc) is 3.76. The summed E-state index contributed by atoms with van der Waals surface area (Å²) < 4.78 is 79.9. The summed E-state index contributed by atoms with van der Waals surface area (Å²) >= 11 is -0.826. The molecule has 0 fully saturated rings. The van der Waals surface area contributed by atoms with Gasteiger partial charge in [-0.1, -0.05) is 113 Å². The van der Waals surface area contributed by atoms with Gasteiger partial charge in [0, 0.05) is 9.52 Å². The molecule has 0 aliphatic heterocycles. The van der Waals surface area contributed by atoms with Crippen molar-refractivity contribution in [1.29, 1.82) is 0 Å². The number of alkyl halides is 6. The van der Waals surface area contributed by atoms with E-state index in [0.717, 1.165) is 56.0 Å². The second kappa shape index (κ2) is 20.2. The Bertz CT molecular complexity index is 1850. The van der Waals surface area contributed by atoms with Crippen LogP contribution in [0.25, 0.3) is 43.8 Å². The number of hydrogen-bond donors (Lipinski definition) is 0. The van der Waals surface area contributed by atoms with Crippen molar-refractivity contribution >= 4 is 48.1 Å². The Labute approximate surface area is 324 Å². The Morgan fingerprint density at radius 3 is 1.19 bits per heavy atom. The van der Waals surface area contributed by atoms with Gasteiger partial charge in [0.1, 0.15) is 0 Å². The zero-order chi connectivity index (χ0) is 38.6. The first-order valence-electron chi connectivity index (χ1n) is 16.9. The SMILES string of the molecule is CCC(C)c1cc2c(-c3ccccc3C(F)(F)F)cccc2[cH-]1.CCC(C)c1cc2c(-c3ccccc3C(F)(F)F)cccc2[cH-]1.C[Si]C.[Cl][Zr+2][Cl]. The third-order valence-electron chi connectivity index (χ3n) is 8.95. The molecule has 0 nitrogen and oxygen atoms in total. The van der Waals surface area contributed by atoms with Crippen LogP contribution in [0.15, 0.2) is 109 Å². The first kappa shape index (κ1) is 43.8. The van der Waals surface area contributed by atoms with Gasteiger partial charge in [0.05, 0.1) is 11.1 Å². The normalized spacial score (nSPS) is 12.4. The summed E-state index contributed by atoms with van der Waals surface area (Å²) in [5.74, 6) is 0.793. The molecule has 52 heavy (non-hydrogen) atoms. The number of fused-ring (bicyclic) bond motifs is 2. The number of hydrogen-bond acceptors (Lipinski definition) is 0. The Balaban J connectivity index is 0.000000244. The van der Waals surface area contributed by atoms with Crippen molar-refractivity contribution in [1.82, 2.24) is 0 Å². The van der Waals surface area contributed by atoms with E-state index < -0.39 is 44.3 Å². The molecule has 0 saturated heterocycles. The predicted molar refractivity (Wildman–Crippen MR) is 207 cm³/mol. The summed E-state index contributed by atoms with van der Waals surface area (Å²) in [6, 6.07) is 30.9. The number of benzene rings is 4. The van der Waals surface area contributed by atoms with Gasteiger partial charge in [0.25, 0.3) is 0 Å². The molecular weight excluding hydrogens is 809 g/mol. The van der Waals surface area contributed by atoms with Crippen LogP contribution in [-0.2, 0) is 33.2 Å². The van der Waals surface area contributed by atoms with Crippen LogP contribution in [0.1, 0.15) is 74.6 Å². The van der Waals surface area contributed by atoms with E-state index in [1.54, 1.807) is 36.4 Å². The van der Waals surface area contributed by atoms with Gasteiger partial charge < -0.3 is 0 Å². The van der Waals surface area contributed by atoms with Crippen LogP contribution in [0.3, 0.4) is 0 Å². The van der Waals surface area contributed by atoms with Crippen LogP contribution in [-0.4, -0.2) is 9.52 Å². The molecular formula is C42H42Cl2F6SiZr. The fourth-order valence-electron chi connectivity index (χ4n) is 5.96. The van der Waals surface area contributed by atoms with Gasteiger partial charge in [-0.2, -0.15) is 38.5 Å². The molecule has 0 aliphatic rings. The third-order valence-corrected chi connectivity index (χ3v) is 8.95. The van der Waals surface area contributed by atoms with Crippen LogP contribution in [0.4, 0.5) is 26.3 Å². The fourth-order valence-corrected chi connectivity index (χ4v) is 5.96. The predicted octanol–water partition coefficient (Wildman–Crippen LogP) is 15.7. The van der Waals surface area contributed by atoms with Crippen molar-refractivity contribution in [2.45, 2.75) is 77.8 Å². The van der Waals surface area contributed by atoms with E-state index >= 15 is 0 Å². The van der Waals surface area contributed by atoms with Crippen molar-refractivity contribution in [3.63, 3.8) is 0 Å². The minimum absolute atomic E-state index is 0.243. The summed E-state index contributed by atoms with van der Waals surface area (Å²) in [7, 11) is 11.0. The van der Waals surface area contributed by atoms with E-state index in [1.165, 1.54) is 23.3 Å². The summed E-state index contributed by atoms with van der Waals surface area (Å²) in [5.41, 5.74) is 2.96. The summed E-state index contributed by atoms with van der Waals surface area (Å²) in [5, 5.41) is 3.77. The molecule has 0 spiro atoms. The van der Waals surface area contributed by atoms with Crippen LogP contribution >= 0.6 is 17.0 Å². The zero-order valence-corrected chi connectivity index (χ0v) is 35.0. The van der Waals surface area contributed by atoms with E-state index in [4.69, 9.17) is 17.0 Å². The molecule has 6 rings (SSSR count). The second-order valence-electron chi connectivity index (χ2n) is 12.5. The molecule has 2 unspecified atom stereocenters. The van der Waals surface area contributed by atoms with Crippen LogP contribution < -0.4 is 0 Å². The Morgan fingerprint density at radius 1 is 0.577 bits per heavy atom. The van der Waals surface area contributed by atoms with Crippen molar-refractivity contribution in [2.24, 2.45) is 0 Å². The topological polar surface area (TPSA) is 0 Å². The number of halogens is 8. The number of rotatable bonds is 6. The molecule has 10 heteroatoms. The summed E-state index contributed by atoms with van der Waals surface area (Å²) in [6.45, 7) is 12.8. The Morgan fingerprint density at radius 2 is 0.885 bits per heavy atom. The van der Waals surface area contributed by atoms with Gasteiger partial charge in [-0.05, 0) is 35.1 Å². The van der Waals surface area contributed by atoms with Gasteiger partial charge in [0.2, 0.25) is 0 Å². The monoisotopic (exact) mass is 848 g/mol. The molecule has 2 atom stereocenters. The van der Waals surface area contributed by atoms with Gasteiger partial charge >= 0.3 is 50.2 Å². The molecule has 0 bridgehead atoms. The van der Waals surface area contributed by atoms with E-state index in [1.807, 2.05) is 36.4 Å². The molecule has 0 amide bonds. The molecule has 0 heterocycles. The van der Waals surface area contributed by atoms with Gasteiger partial charge in [0.15, 0.2) is 0 Å². The first-order chi connectivity index (χ1) is 24.7. The van der Waals surface area contributed by atoms with Crippen molar-refractivity contribution in [2.75, 3.05) is 0 Å². The molecule has 6 aromatic carbocycles. The molecule has 0 saturated carbocycles. The van der Waals surface area contributed by atoms with E-state index in [0.29, 0.717) is 23.0 Å². The van der Waals surface area contributed by atoms with Crippen LogP contribution in [0, 0.1) is 0 Å². The quantitative estimate of drug-likeness (QED) is 0.0890. The Hall–Kier alpha value is -2.64. The molecule has 0 N–H and O–H groups in total. The Kier molecular flexibility index (Phi) is 17.0. The first-order valence-corrected chi connectivity index (χ1v) is 25.3. The van der Waals surface area contributed by atoms with Gasteiger partial charge in [-0.25, -0.2) is 0 Å². The van der Waals surface area contributed by atoms with Gasteiger partial charge in [-0.3, -0.25) is 0 Å².